The minimum Gasteiger partial charge on any atom is -0.351 e. The lowest BCUT2D eigenvalue weighted by atomic mass is 10.2. The molecular weight excluding hydrogens is 258 g/mol. The van der Waals surface area contributed by atoms with Crippen LogP contribution in [0.4, 0.5) is 20.2 Å². The smallest absolute Gasteiger partial charge is 0.150 e. The molecule has 0 aliphatic carbocycles. The zero-order chi connectivity index (χ0) is 13.1. The summed E-state index contributed by atoms with van der Waals surface area (Å²) in [7, 11) is 0. The maximum absolute atomic E-state index is 13.6. The van der Waals surface area contributed by atoms with Crippen LogP contribution in [0.5, 0.6) is 0 Å². The van der Waals surface area contributed by atoms with Gasteiger partial charge in [-0.05, 0) is 36.4 Å². The molecule has 0 heterocycles. The van der Waals surface area contributed by atoms with Gasteiger partial charge in [-0.2, -0.15) is 5.26 Å². The normalized spacial score (nSPS) is 9.89. The fraction of sp³-hybridized carbons (Fsp3) is 0. The number of nitrogens with one attached hydrogen (secondary N) is 1. The molecule has 0 saturated carbocycles. The van der Waals surface area contributed by atoms with Crippen LogP contribution in [-0.4, -0.2) is 0 Å². The van der Waals surface area contributed by atoms with Crippen LogP contribution in [0, 0.1) is 23.0 Å². The van der Waals surface area contributed by atoms with Gasteiger partial charge in [0.15, 0.2) is 11.6 Å². The molecule has 0 amide bonds. The van der Waals surface area contributed by atoms with Crippen molar-refractivity contribution in [1.29, 1.82) is 5.26 Å². The van der Waals surface area contributed by atoms with Crippen molar-refractivity contribution in [2.24, 2.45) is 0 Å². The summed E-state index contributed by atoms with van der Waals surface area (Å²) in [6.45, 7) is 0. The van der Waals surface area contributed by atoms with Gasteiger partial charge in [-0.15, -0.1) is 0 Å². The Bertz CT molecular complexity index is 595. The van der Waals surface area contributed by atoms with Gasteiger partial charge in [0.05, 0.1) is 11.6 Å². The molecule has 0 radical (unpaired) electrons. The monoisotopic (exact) mass is 264 g/mol. The average molecular weight is 265 g/mol. The van der Waals surface area contributed by atoms with E-state index in [0.29, 0.717) is 10.7 Å². The summed E-state index contributed by atoms with van der Waals surface area (Å²) in [6.07, 6.45) is 0. The Morgan fingerprint density at radius 3 is 2.11 bits per heavy atom. The molecule has 0 saturated heterocycles. The van der Waals surface area contributed by atoms with E-state index in [4.69, 9.17) is 16.9 Å². The van der Waals surface area contributed by atoms with Crippen LogP contribution in [0.2, 0.25) is 5.02 Å². The van der Waals surface area contributed by atoms with Crippen molar-refractivity contribution in [3.8, 4) is 6.07 Å². The molecular formula is C13H7ClF2N2. The predicted octanol–water partition coefficient (Wildman–Crippen LogP) is 4.23. The first-order valence-electron chi connectivity index (χ1n) is 5.02. The van der Waals surface area contributed by atoms with Crippen LogP contribution in [0.15, 0.2) is 36.4 Å². The van der Waals surface area contributed by atoms with E-state index >= 15 is 0 Å². The lowest BCUT2D eigenvalue weighted by molar-refractivity contribution is 0.590. The summed E-state index contributed by atoms with van der Waals surface area (Å²) in [6, 6.07) is 10.0. The van der Waals surface area contributed by atoms with Crippen molar-refractivity contribution in [3.05, 3.63) is 58.6 Å². The summed E-state index contributed by atoms with van der Waals surface area (Å²) in [5.41, 5.74) is 0.143. The van der Waals surface area contributed by atoms with Gasteiger partial charge in [0.1, 0.15) is 5.69 Å². The van der Waals surface area contributed by atoms with Crippen LogP contribution in [0.3, 0.4) is 0 Å². The number of nitrogens with zero attached hydrogens (tertiary/aromatic N) is 1. The number of hydrogen-bond acceptors (Lipinski definition) is 2. The number of nitriles is 1. The number of benzene rings is 2. The summed E-state index contributed by atoms with van der Waals surface area (Å²) in [4.78, 5) is 0. The number of rotatable bonds is 2. The van der Waals surface area contributed by atoms with Crippen LogP contribution in [0.25, 0.3) is 0 Å². The second-order valence-corrected chi connectivity index (χ2v) is 4.00. The third-order valence-electron chi connectivity index (χ3n) is 2.28. The quantitative estimate of drug-likeness (QED) is 0.881. The number of halogens is 3. The Hall–Kier alpha value is -2.12. The van der Waals surface area contributed by atoms with E-state index in [9.17, 15) is 8.78 Å². The first-order chi connectivity index (χ1) is 8.60. The van der Waals surface area contributed by atoms with E-state index in [-0.39, 0.29) is 11.3 Å². The zero-order valence-electron chi connectivity index (χ0n) is 9.05. The molecule has 2 rings (SSSR count). The van der Waals surface area contributed by atoms with Gasteiger partial charge in [-0.3, -0.25) is 0 Å². The third kappa shape index (κ3) is 2.58. The zero-order valence-corrected chi connectivity index (χ0v) is 9.80. The molecule has 0 aliphatic heterocycles. The van der Waals surface area contributed by atoms with Crippen molar-refractivity contribution < 1.29 is 8.78 Å². The molecule has 0 unspecified atom stereocenters. The fourth-order valence-electron chi connectivity index (χ4n) is 1.43. The molecule has 2 aromatic carbocycles. The minimum absolute atomic E-state index is 0.0633. The third-order valence-corrected chi connectivity index (χ3v) is 2.54. The predicted molar refractivity (Wildman–Crippen MR) is 65.8 cm³/mol. The first-order valence-corrected chi connectivity index (χ1v) is 5.39. The van der Waals surface area contributed by atoms with Gasteiger partial charge in [-0.1, -0.05) is 11.6 Å². The second-order valence-electron chi connectivity index (χ2n) is 3.56. The Balaban J connectivity index is 2.35. The van der Waals surface area contributed by atoms with Crippen molar-refractivity contribution in [2.45, 2.75) is 0 Å². The van der Waals surface area contributed by atoms with E-state index in [0.717, 1.165) is 12.1 Å². The van der Waals surface area contributed by atoms with Gasteiger partial charge >= 0.3 is 0 Å². The largest absolute Gasteiger partial charge is 0.351 e. The molecule has 0 aromatic heterocycles. The maximum atomic E-state index is 13.6. The maximum Gasteiger partial charge on any atom is 0.150 e. The van der Waals surface area contributed by atoms with Gasteiger partial charge in [-0.25, -0.2) is 8.78 Å². The summed E-state index contributed by atoms with van der Waals surface area (Å²) < 4.78 is 27.2. The standard InChI is InChI=1S/C13H7ClF2N2/c14-9-1-3-10(4-2-9)18-13-11(15)5-8(7-17)6-12(13)16/h1-6,18H. The summed E-state index contributed by atoms with van der Waals surface area (Å²) in [5.74, 6) is -1.64. The lowest BCUT2D eigenvalue weighted by Gasteiger charge is -2.09. The summed E-state index contributed by atoms with van der Waals surface area (Å²) in [5, 5.41) is 11.7. The van der Waals surface area contributed by atoms with Crippen molar-refractivity contribution >= 4 is 23.0 Å². The number of hydrogen-bond donors (Lipinski definition) is 1. The fourth-order valence-corrected chi connectivity index (χ4v) is 1.56. The molecule has 1 N–H and O–H groups in total. The van der Waals surface area contributed by atoms with E-state index in [2.05, 4.69) is 5.32 Å². The van der Waals surface area contributed by atoms with Crippen LogP contribution >= 0.6 is 11.6 Å². The molecule has 0 atom stereocenters. The first kappa shape index (κ1) is 12.3. The molecule has 0 bridgehead atoms. The van der Waals surface area contributed by atoms with E-state index in [1.807, 2.05) is 0 Å². The minimum atomic E-state index is -0.818. The SMILES string of the molecule is N#Cc1cc(F)c(Nc2ccc(Cl)cc2)c(F)c1. The molecule has 0 fully saturated rings. The van der Waals surface area contributed by atoms with E-state index < -0.39 is 11.6 Å². The van der Waals surface area contributed by atoms with Crippen molar-refractivity contribution in [1.82, 2.24) is 0 Å². The van der Waals surface area contributed by atoms with Crippen molar-refractivity contribution in [3.63, 3.8) is 0 Å². The highest BCUT2D eigenvalue weighted by Crippen LogP contribution is 2.25. The average Bonchev–Trinajstić information content (AvgIpc) is 2.35. The van der Waals surface area contributed by atoms with Crippen LogP contribution in [-0.2, 0) is 0 Å². The summed E-state index contributed by atoms with van der Waals surface area (Å²) >= 11 is 5.70. The van der Waals surface area contributed by atoms with Crippen LogP contribution in [0.1, 0.15) is 5.56 Å². The topological polar surface area (TPSA) is 35.8 Å². The Morgan fingerprint density at radius 2 is 1.61 bits per heavy atom. The van der Waals surface area contributed by atoms with E-state index in [1.54, 1.807) is 30.3 Å². The Morgan fingerprint density at radius 1 is 1.06 bits per heavy atom. The van der Waals surface area contributed by atoms with E-state index in [1.165, 1.54) is 0 Å². The van der Waals surface area contributed by atoms with Gasteiger partial charge in [0.25, 0.3) is 0 Å². The molecule has 2 nitrogen and oxygen atoms in total. The molecule has 0 spiro atoms. The second kappa shape index (κ2) is 5.03. The van der Waals surface area contributed by atoms with Crippen LogP contribution < -0.4 is 5.32 Å². The Kier molecular flexibility index (Phi) is 3.45. The molecule has 90 valence electrons. The highest BCUT2D eigenvalue weighted by Gasteiger charge is 2.11. The van der Waals surface area contributed by atoms with Gasteiger partial charge < -0.3 is 5.32 Å². The molecule has 18 heavy (non-hydrogen) atoms. The molecule has 5 heteroatoms. The van der Waals surface area contributed by atoms with Crippen molar-refractivity contribution in [2.75, 3.05) is 5.32 Å². The highest BCUT2D eigenvalue weighted by atomic mass is 35.5. The highest BCUT2D eigenvalue weighted by molar-refractivity contribution is 6.30. The number of anilines is 2. The van der Waals surface area contributed by atoms with Gasteiger partial charge in [0.2, 0.25) is 0 Å². The van der Waals surface area contributed by atoms with Gasteiger partial charge in [0, 0.05) is 10.7 Å². The Labute approximate surface area is 107 Å². The molecule has 2 aromatic rings. The molecule has 0 aliphatic rings. The lowest BCUT2D eigenvalue weighted by Crippen LogP contribution is -1.98.